The molecule has 1 aromatic rings. The van der Waals surface area contributed by atoms with Crippen LogP contribution in [-0.4, -0.2) is 13.2 Å². The summed E-state index contributed by atoms with van der Waals surface area (Å²) in [5.41, 5.74) is 2.81. The molecular formula is C16H25NO. The molecule has 1 aliphatic rings. The molecule has 0 saturated heterocycles. The first-order valence-corrected chi connectivity index (χ1v) is 7.34. The van der Waals surface area contributed by atoms with Crippen molar-refractivity contribution in [3.63, 3.8) is 0 Å². The van der Waals surface area contributed by atoms with Gasteiger partial charge in [-0.25, -0.2) is 0 Å². The van der Waals surface area contributed by atoms with Crippen molar-refractivity contribution >= 4 is 0 Å². The number of fused-ring (bicyclic) bond motifs is 1. The van der Waals surface area contributed by atoms with Gasteiger partial charge in [0.05, 0.1) is 6.61 Å². The molecule has 2 nitrogen and oxygen atoms in total. The largest absolute Gasteiger partial charge is 0.493 e. The van der Waals surface area contributed by atoms with E-state index in [-0.39, 0.29) is 0 Å². The average Bonchev–Trinajstić information content (AvgIpc) is 2.42. The van der Waals surface area contributed by atoms with Crippen molar-refractivity contribution < 1.29 is 4.74 Å². The summed E-state index contributed by atoms with van der Waals surface area (Å²) in [6.45, 7) is 6.38. The van der Waals surface area contributed by atoms with Gasteiger partial charge in [-0.1, -0.05) is 32.4 Å². The van der Waals surface area contributed by atoms with Gasteiger partial charge in [0.2, 0.25) is 0 Å². The molecule has 0 aliphatic carbocycles. The summed E-state index contributed by atoms with van der Waals surface area (Å²) in [6.07, 6.45) is 5.98. The van der Waals surface area contributed by atoms with Gasteiger partial charge >= 0.3 is 0 Å². The Morgan fingerprint density at radius 1 is 1.28 bits per heavy atom. The zero-order valence-corrected chi connectivity index (χ0v) is 11.7. The fraction of sp³-hybridized carbons (Fsp3) is 0.625. The van der Waals surface area contributed by atoms with Gasteiger partial charge in [-0.15, -0.1) is 0 Å². The topological polar surface area (TPSA) is 21.3 Å². The lowest BCUT2D eigenvalue weighted by Crippen LogP contribution is -2.27. The first-order valence-electron chi connectivity index (χ1n) is 7.34. The van der Waals surface area contributed by atoms with Crippen LogP contribution in [0.4, 0.5) is 0 Å². The maximum absolute atomic E-state index is 5.75. The Balaban J connectivity index is 2.12. The second kappa shape index (κ2) is 6.79. The summed E-state index contributed by atoms with van der Waals surface area (Å²) >= 11 is 0. The van der Waals surface area contributed by atoms with Crippen molar-refractivity contribution in [2.75, 3.05) is 13.2 Å². The van der Waals surface area contributed by atoms with Gasteiger partial charge in [-0.05, 0) is 37.4 Å². The quantitative estimate of drug-likeness (QED) is 0.824. The number of benzene rings is 1. The summed E-state index contributed by atoms with van der Waals surface area (Å²) in [7, 11) is 0. The molecule has 0 radical (unpaired) electrons. The Kier molecular flexibility index (Phi) is 5.06. The molecule has 2 rings (SSSR count). The lowest BCUT2D eigenvalue weighted by atomic mass is 9.96. The highest BCUT2D eigenvalue weighted by Crippen LogP contribution is 2.33. The average molecular weight is 247 g/mol. The molecule has 0 aromatic heterocycles. The van der Waals surface area contributed by atoms with Crippen molar-refractivity contribution in [2.45, 2.75) is 52.0 Å². The summed E-state index contributed by atoms with van der Waals surface area (Å²) in [6, 6.07) is 7.20. The number of unbranched alkanes of at least 4 members (excludes halogenated alkanes) is 1. The van der Waals surface area contributed by atoms with Gasteiger partial charge in [-0.2, -0.15) is 0 Å². The van der Waals surface area contributed by atoms with Gasteiger partial charge in [0.25, 0.3) is 0 Å². The summed E-state index contributed by atoms with van der Waals surface area (Å²) in [5.74, 6) is 1.08. The third kappa shape index (κ3) is 3.26. The van der Waals surface area contributed by atoms with Crippen LogP contribution in [0.2, 0.25) is 0 Å². The van der Waals surface area contributed by atoms with Crippen LogP contribution in [0.1, 0.15) is 56.7 Å². The molecule has 0 amide bonds. The lowest BCUT2D eigenvalue weighted by molar-refractivity contribution is 0.253. The van der Waals surface area contributed by atoms with Crippen molar-refractivity contribution in [1.82, 2.24) is 5.32 Å². The zero-order valence-electron chi connectivity index (χ0n) is 11.7. The van der Waals surface area contributed by atoms with Crippen LogP contribution in [0.25, 0.3) is 0 Å². The van der Waals surface area contributed by atoms with E-state index in [1.165, 1.54) is 36.8 Å². The summed E-state index contributed by atoms with van der Waals surface area (Å²) in [4.78, 5) is 0. The van der Waals surface area contributed by atoms with E-state index in [2.05, 4.69) is 37.4 Å². The predicted molar refractivity (Wildman–Crippen MR) is 76.2 cm³/mol. The molecule has 2 heteroatoms. The minimum Gasteiger partial charge on any atom is -0.493 e. The van der Waals surface area contributed by atoms with E-state index in [9.17, 15) is 0 Å². The summed E-state index contributed by atoms with van der Waals surface area (Å²) in [5, 5.41) is 3.63. The van der Waals surface area contributed by atoms with Gasteiger partial charge in [0, 0.05) is 18.0 Å². The fourth-order valence-electron chi connectivity index (χ4n) is 2.51. The van der Waals surface area contributed by atoms with E-state index in [1.54, 1.807) is 0 Å². The van der Waals surface area contributed by atoms with Gasteiger partial charge in [0.15, 0.2) is 0 Å². The van der Waals surface area contributed by atoms with Gasteiger partial charge < -0.3 is 10.1 Å². The zero-order chi connectivity index (χ0) is 12.8. The molecule has 18 heavy (non-hydrogen) atoms. The standard InChI is InChI=1S/C16H25NO/c1-3-5-6-13-7-8-16-14(12-13)15(9-11-18-16)17-10-4-2/h7-8,12,15,17H,3-6,9-11H2,1-2H3. The van der Waals surface area contributed by atoms with Crippen LogP contribution in [0.15, 0.2) is 18.2 Å². The third-order valence-corrected chi connectivity index (χ3v) is 3.57. The second-order valence-corrected chi connectivity index (χ2v) is 5.12. The minimum absolute atomic E-state index is 0.482. The number of hydrogen-bond acceptors (Lipinski definition) is 2. The van der Waals surface area contributed by atoms with E-state index in [4.69, 9.17) is 4.74 Å². The number of rotatable bonds is 6. The Hall–Kier alpha value is -1.02. The molecule has 1 aromatic carbocycles. The van der Waals surface area contributed by atoms with Crippen molar-refractivity contribution in [3.8, 4) is 5.75 Å². The number of hydrogen-bond donors (Lipinski definition) is 1. The maximum Gasteiger partial charge on any atom is 0.124 e. The predicted octanol–water partition coefficient (Wildman–Crippen LogP) is 3.85. The Bertz CT molecular complexity index is 375. The highest BCUT2D eigenvalue weighted by Gasteiger charge is 2.20. The van der Waals surface area contributed by atoms with Crippen LogP contribution in [0.3, 0.4) is 0 Å². The van der Waals surface area contributed by atoms with Crippen molar-refractivity contribution in [3.05, 3.63) is 29.3 Å². The molecule has 1 atom stereocenters. The van der Waals surface area contributed by atoms with Crippen LogP contribution in [-0.2, 0) is 6.42 Å². The third-order valence-electron chi connectivity index (χ3n) is 3.57. The molecule has 0 bridgehead atoms. The molecule has 1 N–H and O–H groups in total. The summed E-state index contributed by atoms with van der Waals surface area (Å²) < 4.78 is 5.75. The van der Waals surface area contributed by atoms with E-state index >= 15 is 0 Å². The fourth-order valence-corrected chi connectivity index (χ4v) is 2.51. The Labute approximate surface area is 111 Å². The first-order chi connectivity index (χ1) is 8.85. The molecule has 0 saturated carbocycles. The smallest absolute Gasteiger partial charge is 0.124 e. The highest BCUT2D eigenvalue weighted by molar-refractivity contribution is 5.40. The highest BCUT2D eigenvalue weighted by atomic mass is 16.5. The molecule has 0 fully saturated rings. The van der Waals surface area contributed by atoms with Gasteiger partial charge in [0.1, 0.15) is 5.75 Å². The number of aryl methyl sites for hydroxylation is 1. The monoisotopic (exact) mass is 247 g/mol. The van der Waals surface area contributed by atoms with E-state index in [0.29, 0.717) is 6.04 Å². The number of nitrogens with one attached hydrogen (secondary N) is 1. The minimum atomic E-state index is 0.482. The SMILES string of the molecule is CCCCc1ccc2c(c1)C(NCCC)CCO2. The molecule has 100 valence electrons. The van der Waals surface area contributed by atoms with Crippen LogP contribution in [0, 0.1) is 0 Å². The van der Waals surface area contributed by atoms with Crippen molar-refractivity contribution in [2.24, 2.45) is 0 Å². The van der Waals surface area contributed by atoms with Crippen LogP contribution in [0.5, 0.6) is 5.75 Å². The molecule has 0 spiro atoms. The first kappa shape index (κ1) is 13.4. The second-order valence-electron chi connectivity index (χ2n) is 5.12. The molecule has 1 unspecified atom stereocenters. The van der Waals surface area contributed by atoms with Crippen LogP contribution < -0.4 is 10.1 Å². The van der Waals surface area contributed by atoms with E-state index < -0.39 is 0 Å². The molecule has 1 heterocycles. The van der Waals surface area contributed by atoms with Crippen LogP contribution >= 0.6 is 0 Å². The molecular weight excluding hydrogens is 222 g/mol. The number of ether oxygens (including phenoxy) is 1. The molecule has 1 aliphatic heterocycles. The Morgan fingerprint density at radius 2 is 2.17 bits per heavy atom. The van der Waals surface area contributed by atoms with E-state index in [1.807, 2.05) is 0 Å². The van der Waals surface area contributed by atoms with E-state index in [0.717, 1.165) is 25.3 Å². The Morgan fingerprint density at radius 3 is 2.94 bits per heavy atom. The van der Waals surface area contributed by atoms with Crippen molar-refractivity contribution in [1.29, 1.82) is 0 Å². The maximum atomic E-state index is 5.75. The van der Waals surface area contributed by atoms with Gasteiger partial charge in [-0.3, -0.25) is 0 Å². The normalized spacial score (nSPS) is 18.2. The lowest BCUT2D eigenvalue weighted by Gasteiger charge is -2.27.